The van der Waals surface area contributed by atoms with E-state index in [1.165, 1.54) is 7.11 Å². The number of amides is 1. The number of ether oxygens (including phenoxy) is 2. The van der Waals surface area contributed by atoms with E-state index in [9.17, 15) is 9.59 Å². The van der Waals surface area contributed by atoms with E-state index in [0.29, 0.717) is 17.0 Å². The number of hydrogen-bond acceptors (Lipinski definition) is 4. The van der Waals surface area contributed by atoms with E-state index in [2.05, 4.69) is 6.08 Å². The third-order valence-electron chi connectivity index (χ3n) is 4.73. The van der Waals surface area contributed by atoms with Crippen molar-refractivity contribution in [2.75, 3.05) is 7.11 Å². The van der Waals surface area contributed by atoms with Gasteiger partial charge in [0.25, 0.3) is 0 Å². The Balaban J connectivity index is 1.91. The molecule has 2 aliphatic rings. The van der Waals surface area contributed by atoms with E-state index in [1.54, 1.807) is 12.1 Å². The molecule has 0 radical (unpaired) electrons. The lowest BCUT2D eigenvalue weighted by molar-refractivity contribution is 0.0174. The number of benzene rings is 1. The molecule has 1 aromatic carbocycles. The quantitative estimate of drug-likeness (QED) is 0.702. The van der Waals surface area contributed by atoms with Crippen LogP contribution in [0.4, 0.5) is 4.79 Å². The molecule has 1 amide bonds. The van der Waals surface area contributed by atoms with Crippen molar-refractivity contribution in [3.05, 3.63) is 40.4 Å². The largest absolute Gasteiger partial charge is 0.465 e. The molecule has 2 bridgehead atoms. The molecule has 1 saturated heterocycles. The van der Waals surface area contributed by atoms with E-state index in [0.717, 1.165) is 24.0 Å². The van der Waals surface area contributed by atoms with E-state index >= 15 is 0 Å². The predicted molar refractivity (Wildman–Crippen MR) is 100 cm³/mol. The molecule has 26 heavy (non-hydrogen) atoms. The molecule has 0 N–H and O–H groups in total. The van der Waals surface area contributed by atoms with Crippen LogP contribution in [0.3, 0.4) is 0 Å². The molecule has 1 aromatic rings. The zero-order chi connectivity index (χ0) is 19.1. The number of carbonyl (C=O) groups excluding carboxylic acids is 2. The summed E-state index contributed by atoms with van der Waals surface area (Å²) < 4.78 is 10.5. The summed E-state index contributed by atoms with van der Waals surface area (Å²) in [4.78, 5) is 26.5. The predicted octanol–water partition coefficient (Wildman–Crippen LogP) is 4.68. The minimum atomic E-state index is -0.519. The van der Waals surface area contributed by atoms with Crippen LogP contribution >= 0.6 is 11.6 Å². The Labute approximate surface area is 158 Å². The molecule has 5 nitrogen and oxygen atoms in total. The SMILES string of the molecule is COC(=O)c1cc(Cl)ccc1C1=C[C@@H]2CC[C@H](C1)N2C(=O)OC(C)(C)C. The summed E-state index contributed by atoms with van der Waals surface area (Å²) in [6.07, 6.45) is 4.30. The molecule has 2 aliphatic heterocycles. The molecular formula is C20H24ClNO4. The van der Waals surface area contributed by atoms with Crippen LogP contribution in [-0.4, -0.2) is 41.8 Å². The number of esters is 1. The number of halogens is 1. The third-order valence-corrected chi connectivity index (χ3v) is 4.97. The first kappa shape index (κ1) is 18.8. The number of rotatable bonds is 2. The molecule has 0 spiro atoms. The second-order valence-corrected chi connectivity index (χ2v) is 8.20. The van der Waals surface area contributed by atoms with Gasteiger partial charge in [0.2, 0.25) is 0 Å². The van der Waals surface area contributed by atoms with Gasteiger partial charge in [0, 0.05) is 11.1 Å². The maximum absolute atomic E-state index is 12.6. The van der Waals surface area contributed by atoms with Gasteiger partial charge in [-0.25, -0.2) is 9.59 Å². The molecule has 0 saturated carbocycles. The van der Waals surface area contributed by atoms with Crippen LogP contribution in [0.15, 0.2) is 24.3 Å². The minimum Gasteiger partial charge on any atom is -0.465 e. The maximum atomic E-state index is 12.6. The molecule has 0 aromatic heterocycles. The molecule has 140 valence electrons. The standard InChI is InChI=1S/C20H24ClNO4/c1-20(2,3)26-19(24)22-14-6-7-15(22)10-12(9-14)16-8-5-13(21)11-17(16)18(23)25-4/h5,8-9,11,14-15H,6-7,10H2,1-4H3/t14-,15+/m0/s1. The van der Waals surface area contributed by atoms with Gasteiger partial charge in [-0.15, -0.1) is 0 Å². The fourth-order valence-corrected chi connectivity index (χ4v) is 3.88. The molecule has 0 unspecified atom stereocenters. The van der Waals surface area contributed by atoms with Crippen molar-refractivity contribution in [3.63, 3.8) is 0 Å². The summed E-state index contributed by atoms with van der Waals surface area (Å²) in [5.41, 5.74) is 1.81. The number of carbonyl (C=O) groups is 2. The van der Waals surface area contributed by atoms with Crippen LogP contribution in [0, 0.1) is 0 Å². The fourth-order valence-electron chi connectivity index (χ4n) is 3.70. The number of methoxy groups -OCH3 is 1. The summed E-state index contributed by atoms with van der Waals surface area (Å²) in [7, 11) is 1.36. The first-order valence-corrected chi connectivity index (χ1v) is 9.17. The summed E-state index contributed by atoms with van der Waals surface area (Å²) >= 11 is 6.06. The summed E-state index contributed by atoms with van der Waals surface area (Å²) in [6.45, 7) is 5.61. The highest BCUT2D eigenvalue weighted by Crippen LogP contribution is 2.40. The van der Waals surface area contributed by atoms with Crippen molar-refractivity contribution in [2.45, 2.75) is 57.7 Å². The molecule has 3 rings (SSSR count). The van der Waals surface area contributed by atoms with Crippen molar-refractivity contribution in [1.29, 1.82) is 0 Å². The van der Waals surface area contributed by atoms with Gasteiger partial charge in [-0.05, 0) is 63.3 Å². The van der Waals surface area contributed by atoms with Gasteiger partial charge >= 0.3 is 12.1 Å². The Hall–Kier alpha value is -2.01. The van der Waals surface area contributed by atoms with Crippen molar-refractivity contribution in [1.82, 2.24) is 4.90 Å². The zero-order valence-corrected chi connectivity index (χ0v) is 16.3. The van der Waals surface area contributed by atoms with Crippen LogP contribution in [0.5, 0.6) is 0 Å². The Morgan fingerprint density at radius 3 is 2.58 bits per heavy atom. The summed E-state index contributed by atoms with van der Waals surface area (Å²) in [6, 6.07) is 5.32. The molecule has 6 heteroatoms. The Kier molecular flexibility index (Phi) is 5.02. The Morgan fingerprint density at radius 2 is 1.96 bits per heavy atom. The van der Waals surface area contributed by atoms with Crippen LogP contribution < -0.4 is 0 Å². The van der Waals surface area contributed by atoms with Gasteiger partial charge in [-0.2, -0.15) is 0 Å². The highest BCUT2D eigenvalue weighted by molar-refractivity contribution is 6.31. The van der Waals surface area contributed by atoms with E-state index in [4.69, 9.17) is 21.1 Å². The van der Waals surface area contributed by atoms with Gasteiger partial charge in [0.1, 0.15) is 5.60 Å². The van der Waals surface area contributed by atoms with Crippen LogP contribution in [0.2, 0.25) is 5.02 Å². The zero-order valence-electron chi connectivity index (χ0n) is 15.5. The van der Waals surface area contributed by atoms with Gasteiger partial charge in [0.05, 0.1) is 18.7 Å². The van der Waals surface area contributed by atoms with Crippen molar-refractivity contribution < 1.29 is 19.1 Å². The van der Waals surface area contributed by atoms with Crippen LogP contribution in [0.1, 0.15) is 56.0 Å². The van der Waals surface area contributed by atoms with Gasteiger partial charge in [-0.3, -0.25) is 4.90 Å². The topological polar surface area (TPSA) is 55.8 Å². The first-order chi connectivity index (χ1) is 12.2. The van der Waals surface area contributed by atoms with Gasteiger partial charge in [0.15, 0.2) is 0 Å². The molecule has 2 atom stereocenters. The number of hydrogen-bond donors (Lipinski definition) is 0. The lowest BCUT2D eigenvalue weighted by atomic mass is 9.91. The Bertz CT molecular complexity index is 766. The van der Waals surface area contributed by atoms with Gasteiger partial charge < -0.3 is 9.47 Å². The second-order valence-electron chi connectivity index (χ2n) is 7.76. The highest BCUT2D eigenvalue weighted by atomic mass is 35.5. The number of fused-ring (bicyclic) bond motifs is 2. The number of nitrogens with zero attached hydrogens (tertiary/aromatic N) is 1. The molecule has 1 fully saturated rings. The van der Waals surface area contributed by atoms with E-state index in [1.807, 2.05) is 31.7 Å². The fraction of sp³-hybridized carbons (Fsp3) is 0.500. The van der Waals surface area contributed by atoms with E-state index in [-0.39, 0.29) is 18.2 Å². The van der Waals surface area contributed by atoms with E-state index < -0.39 is 11.6 Å². The lowest BCUT2D eigenvalue weighted by Crippen LogP contribution is -2.45. The van der Waals surface area contributed by atoms with Crippen molar-refractivity contribution in [2.24, 2.45) is 0 Å². The monoisotopic (exact) mass is 377 g/mol. The molecule has 2 heterocycles. The minimum absolute atomic E-state index is 0.0141. The second kappa shape index (κ2) is 6.95. The maximum Gasteiger partial charge on any atom is 0.411 e. The summed E-state index contributed by atoms with van der Waals surface area (Å²) in [5, 5.41) is 0.490. The smallest absolute Gasteiger partial charge is 0.411 e. The summed E-state index contributed by atoms with van der Waals surface area (Å²) in [5.74, 6) is -0.412. The van der Waals surface area contributed by atoms with Crippen LogP contribution in [0.25, 0.3) is 5.57 Å². The molecular weight excluding hydrogens is 354 g/mol. The average molecular weight is 378 g/mol. The lowest BCUT2D eigenvalue weighted by Gasteiger charge is -2.35. The third kappa shape index (κ3) is 3.73. The Morgan fingerprint density at radius 1 is 1.23 bits per heavy atom. The van der Waals surface area contributed by atoms with Gasteiger partial charge in [-0.1, -0.05) is 23.7 Å². The van der Waals surface area contributed by atoms with Crippen molar-refractivity contribution in [3.8, 4) is 0 Å². The van der Waals surface area contributed by atoms with Crippen LogP contribution in [-0.2, 0) is 9.47 Å². The average Bonchev–Trinajstić information content (AvgIpc) is 2.83. The molecule has 0 aliphatic carbocycles. The first-order valence-electron chi connectivity index (χ1n) is 8.80. The normalized spacial score (nSPS) is 22.0. The van der Waals surface area contributed by atoms with Crippen molar-refractivity contribution >= 4 is 29.2 Å². The highest BCUT2D eigenvalue weighted by Gasteiger charge is 2.42.